The fraction of sp³-hybridized carbons (Fsp3) is 0. The highest BCUT2D eigenvalue weighted by Gasteiger charge is 2.35. The number of carbonyl (C=O) groups is 2. The number of carbonyl (C=O) groups excluding carboxylic acids is 1. The minimum absolute atomic E-state index is 0.0914. The third-order valence-corrected chi connectivity index (χ3v) is 5.66. The number of nitrogens with one attached hydrogen (secondary N) is 1. The number of aromatic nitrogens is 1. The monoisotopic (exact) mass is 475 g/mol. The molecule has 0 aliphatic carbocycles. The van der Waals surface area contributed by atoms with E-state index in [2.05, 4.69) is 15.5 Å². The van der Waals surface area contributed by atoms with Gasteiger partial charge in [0.15, 0.2) is 5.71 Å². The van der Waals surface area contributed by atoms with E-state index in [0.29, 0.717) is 33.6 Å². The summed E-state index contributed by atoms with van der Waals surface area (Å²) in [7, 11) is 0. The summed E-state index contributed by atoms with van der Waals surface area (Å²) >= 11 is 0. The number of phenolic OH excluding ortho intramolecular Hbond substituents is 1. The van der Waals surface area contributed by atoms with Crippen molar-refractivity contribution < 1.29 is 19.8 Å². The molecule has 0 bridgehead atoms. The zero-order valence-electron chi connectivity index (χ0n) is 18.6. The quantitative estimate of drug-likeness (QED) is 0.285. The van der Waals surface area contributed by atoms with Crippen LogP contribution in [-0.2, 0) is 4.79 Å². The van der Waals surface area contributed by atoms with Gasteiger partial charge in [0.05, 0.1) is 34.4 Å². The van der Waals surface area contributed by atoms with Crippen LogP contribution in [0, 0.1) is 11.3 Å². The number of carboxylic acid groups (broad SMARTS) is 1. The van der Waals surface area contributed by atoms with Crippen LogP contribution in [0.25, 0.3) is 11.1 Å². The van der Waals surface area contributed by atoms with Crippen molar-refractivity contribution in [1.29, 1.82) is 5.26 Å². The molecule has 0 unspecified atom stereocenters. The average Bonchev–Trinajstić information content (AvgIpc) is 3.19. The number of nitrogens with zero attached hydrogens (tertiary/aromatic N) is 4. The second-order valence-corrected chi connectivity index (χ2v) is 7.86. The molecule has 0 fully saturated rings. The molecule has 0 atom stereocenters. The molecule has 1 aromatic heterocycles. The first kappa shape index (κ1) is 22.3. The van der Waals surface area contributed by atoms with E-state index in [1.54, 1.807) is 60.7 Å². The zero-order valence-corrected chi connectivity index (χ0v) is 18.6. The van der Waals surface area contributed by atoms with Crippen LogP contribution < -0.4 is 10.3 Å². The number of benzene rings is 3. The van der Waals surface area contributed by atoms with Crippen molar-refractivity contribution in [1.82, 2.24) is 4.98 Å². The Hall–Kier alpha value is -5.49. The lowest BCUT2D eigenvalue weighted by molar-refractivity contribution is -0.111. The minimum atomic E-state index is -1.07. The number of para-hydroxylation sites is 2. The van der Waals surface area contributed by atoms with Gasteiger partial charge in [-0.2, -0.15) is 10.4 Å². The molecular weight excluding hydrogens is 458 g/mol. The highest BCUT2D eigenvalue weighted by molar-refractivity contribution is 6.55. The van der Waals surface area contributed by atoms with Crippen LogP contribution in [-0.4, -0.2) is 32.8 Å². The molecule has 0 spiro atoms. The normalized spacial score (nSPS) is 13.4. The zero-order chi connectivity index (χ0) is 25.2. The van der Waals surface area contributed by atoms with Gasteiger partial charge >= 0.3 is 5.97 Å². The molecule has 1 aliphatic heterocycles. The van der Waals surface area contributed by atoms with Gasteiger partial charge in [-0.05, 0) is 35.9 Å². The van der Waals surface area contributed by atoms with Crippen LogP contribution in [0.5, 0.6) is 5.75 Å². The molecule has 1 amide bonds. The molecule has 4 aromatic rings. The van der Waals surface area contributed by atoms with Gasteiger partial charge in [0.1, 0.15) is 11.8 Å². The summed E-state index contributed by atoms with van der Waals surface area (Å²) in [5.74, 6) is -1.65. The van der Waals surface area contributed by atoms with Crippen molar-refractivity contribution >= 4 is 34.7 Å². The predicted molar refractivity (Wildman–Crippen MR) is 133 cm³/mol. The fourth-order valence-electron chi connectivity index (χ4n) is 3.98. The Morgan fingerprint density at radius 3 is 2.58 bits per heavy atom. The maximum atomic E-state index is 13.4. The van der Waals surface area contributed by atoms with E-state index in [-0.39, 0.29) is 22.7 Å². The van der Waals surface area contributed by atoms with Crippen LogP contribution in [0.4, 0.5) is 17.1 Å². The van der Waals surface area contributed by atoms with Crippen LogP contribution in [0.3, 0.4) is 0 Å². The van der Waals surface area contributed by atoms with Gasteiger partial charge in [-0.25, -0.2) is 4.79 Å². The SMILES string of the molecule is N#Cc1cncc(N2C(=O)C(=NNc3cccc(-c4cccc(C(=O)O)c4)c3O)c3ccccc32)c1. The third kappa shape index (κ3) is 3.89. The summed E-state index contributed by atoms with van der Waals surface area (Å²) in [4.78, 5) is 30.2. The van der Waals surface area contributed by atoms with E-state index < -0.39 is 11.9 Å². The van der Waals surface area contributed by atoms with E-state index in [1.165, 1.54) is 29.4 Å². The number of aromatic hydroxyl groups is 1. The van der Waals surface area contributed by atoms with Crippen LogP contribution in [0.1, 0.15) is 21.5 Å². The lowest BCUT2D eigenvalue weighted by atomic mass is 10.0. The molecule has 36 heavy (non-hydrogen) atoms. The summed E-state index contributed by atoms with van der Waals surface area (Å²) in [5, 5.41) is 33.7. The number of hydrogen-bond acceptors (Lipinski definition) is 7. The van der Waals surface area contributed by atoms with E-state index in [1.807, 2.05) is 6.07 Å². The number of carboxylic acids is 1. The molecular formula is C27H17N5O4. The van der Waals surface area contributed by atoms with Crippen molar-refractivity contribution in [3.63, 3.8) is 0 Å². The molecule has 2 heterocycles. The number of pyridine rings is 1. The Balaban J connectivity index is 1.51. The summed E-state index contributed by atoms with van der Waals surface area (Å²) in [6.45, 7) is 0. The summed E-state index contributed by atoms with van der Waals surface area (Å²) in [6.07, 6.45) is 2.90. The number of hydrazone groups is 1. The lowest BCUT2D eigenvalue weighted by Gasteiger charge is -2.16. The number of anilines is 3. The van der Waals surface area contributed by atoms with E-state index in [9.17, 15) is 25.1 Å². The van der Waals surface area contributed by atoms with Gasteiger partial charge in [-0.15, -0.1) is 0 Å². The third-order valence-electron chi connectivity index (χ3n) is 5.66. The standard InChI is InChI=1S/C27H17N5O4/c28-13-16-11-19(15-29-14-16)32-23-10-2-1-7-21(23)24(26(32)34)31-30-22-9-4-8-20(25(22)33)17-5-3-6-18(12-17)27(35)36/h1-12,14-15,30,33H,(H,35,36). The number of fused-ring (bicyclic) bond motifs is 1. The highest BCUT2D eigenvalue weighted by atomic mass is 16.4. The maximum absolute atomic E-state index is 13.4. The largest absolute Gasteiger partial charge is 0.505 e. The van der Waals surface area contributed by atoms with Crippen LogP contribution in [0.2, 0.25) is 0 Å². The Bertz CT molecular complexity index is 1610. The van der Waals surface area contributed by atoms with Crippen molar-refractivity contribution in [3.8, 4) is 22.9 Å². The molecule has 9 heteroatoms. The Kier molecular flexibility index (Phi) is 5.60. The van der Waals surface area contributed by atoms with E-state index in [4.69, 9.17) is 0 Å². The molecule has 5 rings (SSSR count). The van der Waals surface area contributed by atoms with Crippen LogP contribution >= 0.6 is 0 Å². The smallest absolute Gasteiger partial charge is 0.335 e. The van der Waals surface area contributed by atoms with Gasteiger partial charge in [0.25, 0.3) is 5.91 Å². The summed E-state index contributed by atoms with van der Waals surface area (Å²) < 4.78 is 0. The summed E-state index contributed by atoms with van der Waals surface area (Å²) in [6, 6.07) is 21.8. The van der Waals surface area contributed by atoms with Crippen molar-refractivity contribution in [2.24, 2.45) is 5.10 Å². The maximum Gasteiger partial charge on any atom is 0.335 e. The number of amides is 1. The van der Waals surface area contributed by atoms with Crippen molar-refractivity contribution in [2.45, 2.75) is 0 Å². The number of rotatable bonds is 5. The Labute approximate surface area is 205 Å². The summed E-state index contributed by atoms with van der Waals surface area (Å²) in [5.41, 5.74) is 6.04. The van der Waals surface area contributed by atoms with Gasteiger partial charge in [0.2, 0.25) is 0 Å². The van der Waals surface area contributed by atoms with Gasteiger partial charge in [0, 0.05) is 17.3 Å². The highest BCUT2D eigenvalue weighted by Crippen LogP contribution is 2.38. The number of phenols is 1. The first-order chi connectivity index (χ1) is 17.5. The van der Waals surface area contributed by atoms with E-state index >= 15 is 0 Å². The second kappa shape index (κ2) is 9.04. The molecule has 0 saturated carbocycles. The fourth-order valence-corrected chi connectivity index (χ4v) is 3.98. The number of aromatic carboxylic acids is 1. The van der Waals surface area contributed by atoms with Crippen LogP contribution in [0.15, 0.2) is 90.3 Å². The molecule has 174 valence electrons. The van der Waals surface area contributed by atoms with E-state index in [0.717, 1.165) is 0 Å². The molecule has 3 N–H and O–H groups in total. The Morgan fingerprint density at radius 1 is 1.00 bits per heavy atom. The first-order valence-electron chi connectivity index (χ1n) is 10.8. The molecule has 0 radical (unpaired) electrons. The number of hydrogen-bond donors (Lipinski definition) is 3. The van der Waals surface area contributed by atoms with Gasteiger partial charge in [-0.1, -0.05) is 42.5 Å². The van der Waals surface area contributed by atoms with Crippen molar-refractivity contribution in [3.05, 3.63) is 102 Å². The lowest BCUT2D eigenvalue weighted by Crippen LogP contribution is -2.26. The molecule has 3 aromatic carbocycles. The first-order valence-corrected chi connectivity index (χ1v) is 10.8. The Morgan fingerprint density at radius 2 is 1.78 bits per heavy atom. The average molecular weight is 475 g/mol. The van der Waals surface area contributed by atoms with Crippen molar-refractivity contribution in [2.75, 3.05) is 10.3 Å². The topological polar surface area (TPSA) is 139 Å². The molecule has 0 saturated heterocycles. The van der Waals surface area contributed by atoms with Gasteiger partial charge < -0.3 is 10.2 Å². The number of nitriles is 1. The van der Waals surface area contributed by atoms with Gasteiger partial charge in [-0.3, -0.25) is 20.1 Å². The molecule has 9 nitrogen and oxygen atoms in total. The predicted octanol–water partition coefficient (Wildman–Crippen LogP) is 4.52. The molecule has 1 aliphatic rings. The minimum Gasteiger partial charge on any atom is -0.505 e. The second-order valence-electron chi connectivity index (χ2n) is 7.86.